The van der Waals surface area contributed by atoms with Crippen LogP contribution in [0.4, 0.5) is 0 Å². The number of likely N-dealkylation sites (N-methyl/N-ethyl adjacent to an activating group) is 1. The SMILES string of the molecule is CNC(=O)CNC(=O)Cn1[nH]c(=O)c2ccccc2c1=O. The summed E-state index contributed by atoms with van der Waals surface area (Å²) in [5.74, 6) is -0.908. The van der Waals surface area contributed by atoms with Gasteiger partial charge >= 0.3 is 0 Å². The topological polar surface area (TPSA) is 113 Å². The number of fused-ring (bicyclic) bond motifs is 1. The molecule has 21 heavy (non-hydrogen) atoms. The lowest BCUT2D eigenvalue weighted by Crippen LogP contribution is -2.40. The molecule has 0 fully saturated rings. The van der Waals surface area contributed by atoms with E-state index in [1.165, 1.54) is 19.2 Å². The summed E-state index contributed by atoms with van der Waals surface area (Å²) in [5, 5.41) is 7.54. The molecule has 110 valence electrons. The second-order valence-electron chi connectivity index (χ2n) is 4.33. The second-order valence-corrected chi connectivity index (χ2v) is 4.33. The Hall–Kier alpha value is -2.90. The summed E-state index contributed by atoms with van der Waals surface area (Å²) in [6.45, 7) is -0.558. The van der Waals surface area contributed by atoms with E-state index in [4.69, 9.17) is 0 Å². The zero-order chi connectivity index (χ0) is 15.4. The Morgan fingerprint density at radius 2 is 1.81 bits per heavy atom. The average Bonchev–Trinajstić information content (AvgIpc) is 2.50. The molecule has 0 bridgehead atoms. The Labute approximate surface area is 118 Å². The molecule has 0 saturated carbocycles. The molecule has 3 N–H and O–H groups in total. The van der Waals surface area contributed by atoms with Gasteiger partial charge in [-0.05, 0) is 12.1 Å². The molecule has 0 aliphatic carbocycles. The lowest BCUT2D eigenvalue weighted by Gasteiger charge is -2.07. The van der Waals surface area contributed by atoms with E-state index < -0.39 is 17.0 Å². The number of carbonyl (C=O) groups is 2. The van der Waals surface area contributed by atoms with Gasteiger partial charge in [-0.2, -0.15) is 0 Å². The number of hydrogen-bond donors (Lipinski definition) is 3. The minimum Gasteiger partial charge on any atom is -0.358 e. The second kappa shape index (κ2) is 6.04. The Balaban J connectivity index is 2.25. The summed E-state index contributed by atoms with van der Waals surface area (Å²) in [4.78, 5) is 46.7. The number of carbonyl (C=O) groups excluding carboxylic acids is 2. The maximum Gasteiger partial charge on any atom is 0.273 e. The number of H-pyrrole nitrogens is 1. The first-order chi connectivity index (χ1) is 10.0. The standard InChI is InChI=1S/C13H14N4O4/c1-14-10(18)6-15-11(19)7-17-13(21)9-5-3-2-4-8(9)12(20)16-17/h2-5H,6-7H2,1H3,(H,14,18)(H,15,19)(H,16,20). The molecule has 0 unspecified atom stereocenters. The van der Waals surface area contributed by atoms with E-state index in [1.807, 2.05) is 0 Å². The molecular weight excluding hydrogens is 276 g/mol. The van der Waals surface area contributed by atoms with Crippen LogP contribution in [0.1, 0.15) is 0 Å². The van der Waals surface area contributed by atoms with Crippen molar-refractivity contribution in [1.29, 1.82) is 0 Å². The summed E-state index contributed by atoms with van der Waals surface area (Å²) in [5.41, 5.74) is -0.926. The van der Waals surface area contributed by atoms with E-state index in [2.05, 4.69) is 15.7 Å². The van der Waals surface area contributed by atoms with Crippen molar-refractivity contribution in [2.24, 2.45) is 0 Å². The van der Waals surface area contributed by atoms with Gasteiger partial charge in [-0.1, -0.05) is 12.1 Å². The zero-order valence-electron chi connectivity index (χ0n) is 11.3. The fraction of sp³-hybridized carbons (Fsp3) is 0.231. The fourth-order valence-electron chi connectivity index (χ4n) is 1.82. The van der Waals surface area contributed by atoms with Gasteiger partial charge in [0.15, 0.2) is 0 Å². The highest BCUT2D eigenvalue weighted by molar-refractivity contribution is 5.84. The summed E-state index contributed by atoms with van der Waals surface area (Å²) in [6, 6.07) is 6.34. The highest BCUT2D eigenvalue weighted by Crippen LogP contribution is 2.02. The average molecular weight is 290 g/mol. The predicted molar refractivity (Wildman–Crippen MR) is 75.9 cm³/mol. The number of nitrogens with zero attached hydrogens (tertiary/aromatic N) is 1. The van der Waals surface area contributed by atoms with Gasteiger partial charge in [0.2, 0.25) is 11.8 Å². The molecule has 8 heteroatoms. The molecule has 8 nitrogen and oxygen atoms in total. The van der Waals surface area contributed by atoms with Crippen molar-refractivity contribution in [3.05, 3.63) is 45.0 Å². The molecule has 0 saturated heterocycles. The van der Waals surface area contributed by atoms with Crippen LogP contribution in [0.2, 0.25) is 0 Å². The fourth-order valence-corrected chi connectivity index (χ4v) is 1.82. The van der Waals surface area contributed by atoms with Gasteiger partial charge in [-0.15, -0.1) is 0 Å². The maximum atomic E-state index is 12.1. The first-order valence-electron chi connectivity index (χ1n) is 6.22. The Kier molecular flexibility index (Phi) is 4.17. The van der Waals surface area contributed by atoms with Crippen LogP contribution in [-0.4, -0.2) is 35.2 Å². The van der Waals surface area contributed by atoms with Gasteiger partial charge < -0.3 is 10.6 Å². The summed E-state index contributed by atoms with van der Waals surface area (Å²) in [6.07, 6.45) is 0. The molecule has 2 aromatic rings. The summed E-state index contributed by atoms with van der Waals surface area (Å²) < 4.78 is 0.920. The van der Waals surface area contributed by atoms with Crippen LogP contribution in [0, 0.1) is 0 Å². The first-order valence-corrected chi connectivity index (χ1v) is 6.22. The predicted octanol–water partition coefficient (Wildman–Crippen LogP) is -1.45. The normalized spacial score (nSPS) is 10.3. The largest absolute Gasteiger partial charge is 0.358 e. The third kappa shape index (κ3) is 3.16. The van der Waals surface area contributed by atoms with Crippen LogP contribution in [0.15, 0.2) is 33.9 Å². The molecule has 0 atom stereocenters. The lowest BCUT2D eigenvalue weighted by atomic mass is 10.2. The molecule has 0 aliphatic rings. The van der Waals surface area contributed by atoms with Gasteiger partial charge in [0.25, 0.3) is 11.1 Å². The van der Waals surface area contributed by atoms with Crippen molar-refractivity contribution in [2.75, 3.05) is 13.6 Å². The highest BCUT2D eigenvalue weighted by atomic mass is 16.2. The van der Waals surface area contributed by atoms with Crippen LogP contribution < -0.4 is 21.8 Å². The number of amides is 2. The van der Waals surface area contributed by atoms with Crippen LogP contribution >= 0.6 is 0 Å². The quantitative estimate of drug-likeness (QED) is 0.639. The molecule has 0 spiro atoms. The Bertz CT molecular complexity index is 806. The highest BCUT2D eigenvalue weighted by Gasteiger charge is 2.10. The van der Waals surface area contributed by atoms with E-state index in [-0.39, 0.29) is 29.8 Å². The van der Waals surface area contributed by atoms with E-state index >= 15 is 0 Å². The van der Waals surface area contributed by atoms with E-state index in [0.29, 0.717) is 0 Å². The number of hydrogen-bond acceptors (Lipinski definition) is 4. The summed E-state index contributed by atoms with van der Waals surface area (Å²) >= 11 is 0. The first kappa shape index (κ1) is 14.5. The smallest absolute Gasteiger partial charge is 0.273 e. The number of aromatic nitrogens is 2. The van der Waals surface area contributed by atoms with Crippen molar-refractivity contribution >= 4 is 22.6 Å². The summed E-state index contributed by atoms with van der Waals surface area (Å²) in [7, 11) is 1.44. The van der Waals surface area contributed by atoms with Crippen LogP contribution in [0.3, 0.4) is 0 Å². The molecule has 1 aromatic heterocycles. The van der Waals surface area contributed by atoms with Gasteiger partial charge in [0, 0.05) is 7.05 Å². The van der Waals surface area contributed by atoms with Crippen molar-refractivity contribution < 1.29 is 9.59 Å². The third-order valence-corrected chi connectivity index (χ3v) is 2.91. The van der Waals surface area contributed by atoms with Gasteiger partial charge in [0.1, 0.15) is 6.54 Å². The van der Waals surface area contributed by atoms with Gasteiger partial charge in [-0.3, -0.25) is 24.3 Å². The molecule has 2 amide bonds. The molecular formula is C13H14N4O4. The molecule has 1 aromatic carbocycles. The third-order valence-electron chi connectivity index (χ3n) is 2.91. The van der Waals surface area contributed by atoms with Crippen LogP contribution in [-0.2, 0) is 16.1 Å². The van der Waals surface area contributed by atoms with E-state index in [0.717, 1.165) is 4.68 Å². The van der Waals surface area contributed by atoms with E-state index in [1.54, 1.807) is 12.1 Å². The monoisotopic (exact) mass is 290 g/mol. The van der Waals surface area contributed by atoms with Crippen LogP contribution in [0.25, 0.3) is 10.8 Å². The van der Waals surface area contributed by atoms with E-state index in [9.17, 15) is 19.2 Å². The minimum atomic E-state index is -0.549. The number of nitrogens with one attached hydrogen (secondary N) is 3. The molecule has 2 rings (SSSR count). The molecule has 0 radical (unpaired) electrons. The number of aromatic amines is 1. The van der Waals surface area contributed by atoms with Crippen molar-refractivity contribution in [3.8, 4) is 0 Å². The van der Waals surface area contributed by atoms with Crippen molar-refractivity contribution in [2.45, 2.75) is 6.54 Å². The zero-order valence-corrected chi connectivity index (χ0v) is 11.3. The van der Waals surface area contributed by atoms with Crippen molar-refractivity contribution in [1.82, 2.24) is 20.4 Å². The lowest BCUT2D eigenvalue weighted by molar-refractivity contribution is -0.126. The number of rotatable bonds is 4. The Morgan fingerprint density at radius 3 is 2.48 bits per heavy atom. The maximum absolute atomic E-state index is 12.1. The Morgan fingerprint density at radius 1 is 1.14 bits per heavy atom. The molecule has 0 aliphatic heterocycles. The number of benzene rings is 1. The van der Waals surface area contributed by atoms with Crippen LogP contribution in [0.5, 0.6) is 0 Å². The van der Waals surface area contributed by atoms with Crippen molar-refractivity contribution in [3.63, 3.8) is 0 Å². The minimum absolute atomic E-state index is 0.193. The molecule has 1 heterocycles. The van der Waals surface area contributed by atoms with Gasteiger partial charge in [-0.25, -0.2) is 4.68 Å². The van der Waals surface area contributed by atoms with Gasteiger partial charge in [0.05, 0.1) is 17.3 Å².